The number of carboxylic acid groups (broad SMARTS) is 1. The van der Waals surface area contributed by atoms with Crippen LogP contribution in [0.25, 0.3) is 11.5 Å². The predicted molar refractivity (Wildman–Crippen MR) is 140 cm³/mol. The molecule has 0 spiro atoms. The molecule has 3 aromatic rings. The van der Waals surface area contributed by atoms with Crippen LogP contribution in [-0.4, -0.2) is 52.0 Å². The molecule has 1 aliphatic carbocycles. The summed E-state index contributed by atoms with van der Waals surface area (Å²) >= 11 is 0. The first-order valence-electron chi connectivity index (χ1n) is 13.3. The van der Waals surface area contributed by atoms with Gasteiger partial charge in [-0.3, -0.25) is 14.4 Å². The molecule has 2 aromatic carbocycles. The quantitative estimate of drug-likeness (QED) is 0.385. The first kappa shape index (κ1) is 28.2. The number of amides is 2. The molecular formula is C29H28F3N3O6. The van der Waals surface area contributed by atoms with Gasteiger partial charge in [0.25, 0.3) is 5.91 Å². The Morgan fingerprint density at radius 1 is 0.951 bits per heavy atom. The maximum Gasteiger partial charge on any atom is 0.452 e. The van der Waals surface area contributed by atoms with Crippen molar-refractivity contribution in [3.05, 3.63) is 66.1 Å². The molecule has 0 radical (unpaired) electrons. The van der Waals surface area contributed by atoms with E-state index in [-0.39, 0.29) is 35.4 Å². The molecule has 41 heavy (non-hydrogen) atoms. The highest BCUT2D eigenvalue weighted by atomic mass is 19.4. The number of nitrogens with one attached hydrogen (secondary N) is 1. The maximum atomic E-state index is 13.6. The lowest BCUT2D eigenvalue weighted by Gasteiger charge is -2.28. The fourth-order valence-electron chi connectivity index (χ4n) is 5.24. The minimum atomic E-state index is -4.92. The van der Waals surface area contributed by atoms with Crippen LogP contribution in [0, 0.1) is 11.8 Å². The van der Waals surface area contributed by atoms with Gasteiger partial charge >= 0.3 is 12.1 Å². The zero-order valence-corrected chi connectivity index (χ0v) is 21.9. The van der Waals surface area contributed by atoms with E-state index < -0.39 is 29.5 Å². The smallest absolute Gasteiger partial charge is 0.452 e. The average molecular weight is 572 g/mol. The summed E-state index contributed by atoms with van der Waals surface area (Å²) in [5.41, 5.74) is -0.333. The highest BCUT2D eigenvalue weighted by Crippen LogP contribution is 2.36. The number of anilines is 1. The van der Waals surface area contributed by atoms with Crippen LogP contribution in [0.15, 0.2) is 59.0 Å². The van der Waals surface area contributed by atoms with E-state index in [0.29, 0.717) is 56.5 Å². The van der Waals surface area contributed by atoms with Gasteiger partial charge in [-0.2, -0.15) is 13.2 Å². The van der Waals surface area contributed by atoms with Crippen LogP contribution in [0.5, 0.6) is 5.75 Å². The molecule has 9 nitrogen and oxygen atoms in total. The number of rotatable bonds is 7. The van der Waals surface area contributed by atoms with Crippen LogP contribution in [0.2, 0.25) is 0 Å². The Morgan fingerprint density at radius 3 is 2.24 bits per heavy atom. The molecule has 1 saturated heterocycles. The van der Waals surface area contributed by atoms with Crippen molar-refractivity contribution in [2.24, 2.45) is 11.8 Å². The normalized spacial score (nSPS) is 21.0. The number of oxazole rings is 1. The lowest BCUT2D eigenvalue weighted by molar-refractivity contribution is -0.153. The molecule has 0 bridgehead atoms. The van der Waals surface area contributed by atoms with E-state index in [1.807, 2.05) is 0 Å². The summed E-state index contributed by atoms with van der Waals surface area (Å²) in [6, 6.07) is 14.1. The van der Waals surface area contributed by atoms with Crippen molar-refractivity contribution in [1.82, 2.24) is 9.88 Å². The van der Waals surface area contributed by atoms with Crippen molar-refractivity contribution in [2.45, 2.75) is 44.4 Å². The highest BCUT2D eigenvalue weighted by molar-refractivity contribution is 6.04. The minimum absolute atomic E-state index is 0.0273. The number of halogens is 3. The largest absolute Gasteiger partial charge is 0.489 e. The molecule has 2 aliphatic rings. The van der Waals surface area contributed by atoms with Crippen molar-refractivity contribution in [3.8, 4) is 17.2 Å². The topological polar surface area (TPSA) is 122 Å². The van der Waals surface area contributed by atoms with E-state index in [9.17, 15) is 27.6 Å². The summed E-state index contributed by atoms with van der Waals surface area (Å²) < 4.78 is 51.6. The van der Waals surface area contributed by atoms with E-state index in [1.54, 1.807) is 35.2 Å². The summed E-state index contributed by atoms with van der Waals surface area (Å²) in [6.07, 6.45) is -2.39. The van der Waals surface area contributed by atoms with Gasteiger partial charge < -0.3 is 24.5 Å². The summed E-state index contributed by atoms with van der Waals surface area (Å²) in [4.78, 5) is 42.4. The van der Waals surface area contributed by atoms with E-state index in [0.717, 1.165) is 0 Å². The van der Waals surface area contributed by atoms with Crippen LogP contribution >= 0.6 is 0 Å². The number of likely N-dealkylation sites (tertiary alicyclic amines) is 1. The number of aliphatic carboxylic acids is 1. The Kier molecular flexibility index (Phi) is 8.00. The first-order chi connectivity index (χ1) is 19.6. The van der Waals surface area contributed by atoms with Gasteiger partial charge in [0.05, 0.1) is 12.5 Å². The summed E-state index contributed by atoms with van der Waals surface area (Å²) in [7, 11) is 0. The third-order valence-corrected chi connectivity index (χ3v) is 7.42. The molecule has 2 fully saturated rings. The number of carboxylic acids is 1. The number of carbonyl (C=O) groups is 3. The van der Waals surface area contributed by atoms with Crippen molar-refractivity contribution < 1.29 is 41.8 Å². The van der Waals surface area contributed by atoms with Crippen LogP contribution in [0.4, 0.5) is 18.9 Å². The van der Waals surface area contributed by atoms with Crippen LogP contribution < -0.4 is 10.1 Å². The molecule has 1 aromatic heterocycles. The molecule has 1 atom stereocenters. The fraction of sp³-hybridized carbons (Fsp3) is 0.379. The molecule has 1 aliphatic heterocycles. The average Bonchev–Trinajstić information content (AvgIpc) is 3.62. The number of ether oxygens (including phenoxy) is 1. The predicted octanol–water partition coefficient (Wildman–Crippen LogP) is 5.48. The molecule has 0 unspecified atom stereocenters. The highest BCUT2D eigenvalue weighted by Gasteiger charge is 2.42. The van der Waals surface area contributed by atoms with Gasteiger partial charge in [0.1, 0.15) is 11.9 Å². The Morgan fingerprint density at radius 2 is 1.61 bits per heavy atom. The van der Waals surface area contributed by atoms with Crippen molar-refractivity contribution in [3.63, 3.8) is 0 Å². The first-order valence-corrected chi connectivity index (χ1v) is 13.3. The van der Waals surface area contributed by atoms with Crippen LogP contribution in [0.1, 0.15) is 48.4 Å². The molecule has 2 N–H and O–H groups in total. The van der Waals surface area contributed by atoms with Gasteiger partial charge in [-0.1, -0.05) is 18.2 Å². The summed E-state index contributed by atoms with van der Waals surface area (Å²) in [5, 5.41) is 11.6. The van der Waals surface area contributed by atoms with E-state index in [1.165, 1.54) is 24.3 Å². The molecule has 2 amide bonds. The van der Waals surface area contributed by atoms with E-state index in [2.05, 4.69) is 10.3 Å². The Bertz CT molecular complexity index is 1400. The van der Waals surface area contributed by atoms with Gasteiger partial charge in [-0.05, 0) is 62.1 Å². The van der Waals surface area contributed by atoms with Crippen molar-refractivity contribution in [2.75, 3.05) is 18.4 Å². The van der Waals surface area contributed by atoms with Gasteiger partial charge in [-0.15, -0.1) is 0 Å². The molecule has 1 saturated carbocycles. The van der Waals surface area contributed by atoms with E-state index in [4.69, 9.17) is 14.3 Å². The monoisotopic (exact) mass is 571 g/mol. The number of benzene rings is 2. The fourth-order valence-corrected chi connectivity index (χ4v) is 5.24. The molecule has 12 heteroatoms. The second kappa shape index (κ2) is 11.6. The van der Waals surface area contributed by atoms with E-state index >= 15 is 0 Å². The number of aromatic nitrogens is 1. The van der Waals surface area contributed by atoms with Gasteiger partial charge in [-0.25, -0.2) is 4.98 Å². The number of hydrogen-bond acceptors (Lipinski definition) is 6. The molecule has 216 valence electrons. The van der Waals surface area contributed by atoms with Gasteiger partial charge in [0.2, 0.25) is 17.6 Å². The minimum Gasteiger partial charge on any atom is -0.489 e. The molecular weight excluding hydrogens is 543 g/mol. The Balaban J connectivity index is 1.17. The third-order valence-electron chi connectivity index (χ3n) is 7.42. The van der Waals surface area contributed by atoms with Crippen molar-refractivity contribution in [1.29, 1.82) is 0 Å². The van der Waals surface area contributed by atoms with Crippen molar-refractivity contribution >= 4 is 23.5 Å². The van der Waals surface area contributed by atoms with Gasteiger partial charge in [0, 0.05) is 30.1 Å². The zero-order chi connectivity index (χ0) is 29.1. The number of carbonyl (C=O) groups excluding carboxylic acids is 2. The number of nitrogens with zero attached hydrogens (tertiary/aromatic N) is 2. The SMILES string of the molecule is O=C(Nc1ccc(O[C@H]2CCN(C(=O)C3CCC(C(=O)O)CC3)C2)cc1)c1nc(-c2ccccc2)oc1C(F)(F)F. The lowest BCUT2D eigenvalue weighted by atomic mass is 9.81. The van der Waals surface area contributed by atoms with Crippen LogP contribution in [0.3, 0.4) is 0 Å². The second-order valence-corrected chi connectivity index (χ2v) is 10.2. The molecule has 5 rings (SSSR count). The Hall–Kier alpha value is -4.35. The third kappa shape index (κ3) is 6.53. The number of hydrogen-bond donors (Lipinski definition) is 2. The maximum absolute atomic E-state index is 13.6. The Labute approximate surface area is 233 Å². The lowest BCUT2D eigenvalue weighted by Crippen LogP contribution is -2.38. The molecule has 2 heterocycles. The number of alkyl halides is 3. The summed E-state index contributed by atoms with van der Waals surface area (Å²) in [6.45, 7) is 0.951. The van der Waals surface area contributed by atoms with Gasteiger partial charge in [0.15, 0.2) is 5.69 Å². The standard InChI is InChI=1S/C29H28F3N3O6/c30-29(31,32)24-23(34-26(41-24)17-4-2-1-3-5-17)25(36)33-20-10-12-21(13-11-20)40-22-14-15-35(16-22)27(37)18-6-8-19(9-7-18)28(38)39/h1-5,10-13,18-19,22H,6-9,14-16H2,(H,33,36)(H,38,39)/t18?,19?,22-/m0/s1. The van der Waals surface area contributed by atoms with Crippen LogP contribution in [-0.2, 0) is 15.8 Å². The summed E-state index contributed by atoms with van der Waals surface area (Å²) in [5.74, 6) is -3.72. The zero-order valence-electron chi connectivity index (χ0n) is 21.9. The second-order valence-electron chi connectivity index (χ2n) is 10.2.